The standard InChI is InChI=1S/C24H27N5O2/c1-16-19-10-5-13-22(23(19)27-24-20(16)11-6-14-25-24)29-31-15-7-9-18-8-4-12-21(26-18)17(2)28-30-3/h4,6,8,11-12,14H,5,7,9-10,13,15H2,1-3H3. The van der Waals surface area contributed by atoms with Crippen molar-refractivity contribution in [3.05, 3.63) is 64.7 Å². The van der Waals surface area contributed by atoms with Crippen LogP contribution in [0.1, 0.15) is 54.4 Å². The van der Waals surface area contributed by atoms with E-state index in [2.05, 4.69) is 33.3 Å². The van der Waals surface area contributed by atoms with Crippen LogP contribution in [0.3, 0.4) is 0 Å². The highest BCUT2D eigenvalue weighted by Gasteiger charge is 2.21. The molecule has 1 aliphatic rings. The molecule has 0 unspecified atom stereocenters. The van der Waals surface area contributed by atoms with Gasteiger partial charge < -0.3 is 9.68 Å². The second-order valence-electron chi connectivity index (χ2n) is 7.64. The Morgan fingerprint density at radius 3 is 2.90 bits per heavy atom. The van der Waals surface area contributed by atoms with E-state index in [1.165, 1.54) is 18.2 Å². The predicted molar refractivity (Wildman–Crippen MR) is 121 cm³/mol. The van der Waals surface area contributed by atoms with Crippen LogP contribution in [-0.2, 0) is 22.5 Å². The Labute approximate surface area is 182 Å². The molecule has 7 nitrogen and oxygen atoms in total. The van der Waals surface area contributed by atoms with Gasteiger partial charge in [0.1, 0.15) is 25.1 Å². The zero-order chi connectivity index (χ0) is 21.6. The van der Waals surface area contributed by atoms with Crippen LogP contribution in [0.25, 0.3) is 11.0 Å². The van der Waals surface area contributed by atoms with Gasteiger partial charge in [-0.15, -0.1) is 0 Å². The summed E-state index contributed by atoms with van der Waals surface area (Å²) < 4.78 is 0. The van der Waals surface area contributed by atoms with Crippen LogP contribution in [0.2, 0.25) is 0 Å². The lowest BCUT2D eigenvalue weighted by molar-refractivity contribution is 0.141. The molecule has 0 fully saturated rings. The number of hydrogen-bond acceptors (Lipinski definition) is 7. The number of oxime groups is 2. The van der Waals surface area contributed by atoms with Gasteiger partial charge in [-0.05, 0) is 81.3 Å². The van der Waals surface area contributed by atoms with Crippen LogP contribution < -0.4 is 0 Å². The molecular formula is C24H27N5O2. The maximum absolute atomic E-state index is 5.68. The maximum Gasteiger partial charge on any atom is 0.160 e. The topological polar surface area (TPSA) is 81.9 Å². The molecule has 0 amide bonds. The van der Waals surface area contributed by atoms with Gasteiger partial charge in [-0.25, -0.2) is 9.97 Å². The number of aromatic nitrogens is 3. The smallest absolute Gasteiger partial charge is 0.160 e. The van der Waals surface area contributed by atoms with Crippen LogP contribution in [0.5, 0.6) is 0 Å². The first-order valence-electron chi connectivity index (χ1n) is 10.6. The number of aryl methyl sites for hydroxylation is 2. The van der Waals surface area contributed by atoms with Crippen LogP contribution >= 0.6 is 0 Å². The average molecular weight is 418 g/mol. The second kappa shape index (κ2) is 9.64. The van der Waals surface area contributed by atoms with Gasteiger partial charge in [-0.1, -0.05) is 16.4 Å². The molecule has 4 rings (SSSR count). The van der Waals surface area contributed by atoms with Crippen molar-refractivity contribution in [1.29, 1.82) is 0 Å². The van der Waals surface area contributed by atoms with E-state index in [0.29, 0.717) is 6.61 Å². The van der Waals surface area contributed by atoms with Crippen molar-refractivity contribution >= 4 is 22.5 Å². The first kappa shape index (κ1) is 20.9. The Bertz CT molecular complexity index is 1140. The molecule has 0 atom stereocenters. The summed E-state index contributed by atoms with van der Waals surface area (Å²) in [5, 5.41) is 9.50. The molecule has 0 saturated carbocycles. The third-order valence-electron chi connectivity index (χ3n) is 5.51. The Balaban J connectivity index is 1.40. The van der Waals surface area contributed by atoms with Crippen LogP contribution in [0, 0.1) is 6.92 Å². The molecule has 3 aromatic rings. The van der Waals surface area contributed by atoms with Crippen molar-refractivity contribution in [3.8, 4) is 0 Å². The summed E-state index contributed by atoms with van der Waals surface area (Å²) in [6.45, 7) is 4.56. The number of pyridine rings is 3. The minimum atomic E-state index is 0.528. The van der Waals surface area contributed by atoms with Crippen LogP contribution in [0.15, 0.2) is 46.8 Å². The molecule has 0 N–H and O–H groups in total. The lowest BCUT2D eigenvalue weighted by Gasteiger charge is -2.19. The first-order valence-corrected chi connectivity index (χ1v) is 10.6. The third-order valence-corrected chi connectivity index (χ3v) is 5.51. The van der Waals surface area contributed by atoms with Gasteiger partial charge in [0.2, 0.25) is 0 Å². The van der Waals surface area contributed by atoms with Crippen molar-refractivity contribution in [1.82, 2.24) is 15.0 Å². The summed E-state index contributed by atoms with van der Waals surface area (Å²) in [7, 11) is 1.53. The fourth-order valence-corrected chi connectivity index (χ4v) is 3.92. The van der Waals surface area contributed by atoms with Gasteiger partial charge in [0.25, 0.3) is 0 Å². The van der Waals surface area contributed by atoms with Crippen LogP contribution in [0.4, 0.5) is 0 Å². The molecule has 0 aliphatic heterocycles. The molecule has 1 aliphatic carbocycles. The molecule has 3 aromatic heterocycles. The van der Waals surface area contributed by atoms with E-state index in [1.54, 1.807) is 6.20 Å². The van der Waals surface area contributed by atoms with E-state index in [4.69, 9.17) is 14.7 Å². The fraction of sp³-hybridized carbons (Fsp3) is 0.375. The first-order chi connectivity index (χ1) is 15.2. The lowest BCUT2D eigenvalue weighted by atomic mass is 9.90. The Morgan fingerprint density at radius 1 is 1.13 bits per heavy atom. The van der Waals surface area contributed by atoms with Gasteiger partial charge in [0.05, 0.1) is 11.4 Å². The number of nitrogens with zero attached hydrogens (tertiary/aromatic N) is 5. The molecule has 0 bridgehead atoms. The van der Waals surface area contributed by atoms with E-state index >= 15 is 0 Å². The quantitative estimate of drug-likeness (QED) is 0.323. The Kier molecular flexibility index (Phi) is 6.50. The van der Waals surface area contributed by atoms with E-state index < -0.39 is 0 Å². The lowest BCUT2D eigenvalue weighted by Crippen LogP contribution is -2.17. The minimum absolute atomic E-state index is 0.528. The molecule has 3 heterocycles. The summed E-state index contributed by atoms with van der Waals surface area (Å²) in [4.78, 5) is 24.4. The molecular weight excluding hydrogens is 390 g/mol. The molecule has 7 heteroatoms. The van der Waals surface area contributed by atoms with E-state index in [9.17, 15) is 0 Å². The summed E-state index contributed by atoms with van der Waals surface area (Å²) in [6, 6.07) is 9.97. The summed E-state index contributed by atoms with van der Waals surface area (Å²) in [5.74, 6) is 0. The summed E-state index contributed by atoms with van der Waals surface area (Å²) in [6.07, 6.45) is 6.37. The molecule has 160 valence electrons. The van der Waals surface area contributed by atoms with E-state index in [1.807, 2.05) is 31.2 Å². The van der Waals surface area contributed by atoms with Crippen molar-refractivity contribution < 1.29 is 9.68 Å². The summed E-state index contributed by atoms with van der Waals surface area (Å²) in [5.41, 5.74) is 7.72. The predicted octanol–water partition coefficient (Wildman–Crippen LogP) is 4.39. The fourth-order valence-electron chi connectivity index (χ4n) is 3.92. The monoisotopic (exact) mass is 417 g/mol. The molecule has 31 heavy (non-hydrogen) atoms. The molecule has 0 spiro atoms. The Morgan fingerprint density at radius 2 is 2.03 bits per heavy atom. The van der Waals surface area contributed by atoms with Gasteiger partial charge in [-0.3, -0.25) is 4.98 Å². The van der Waals surface area contributed by atoms with Crippen molar-refractivity contribution in [3.63, 3.8) is 0 Å². The van der Waals surface area contributed by atoms with Gasteiger partial charge in [-0.2, -0.15) is 0 Å². The highest BCUT2D eigenvalue weighted by molar-refractivity contribution is 6.03. The SMILES string of the molecule is CON=C(C)c1cccc(CCCON=C2CCCc3c2nc2ncccc2c3C)n1. The Hall–Kier alpha value is -3.35. The number of hydrogen-bond donors (Lipinski definition) is 0. The normalized spacial score (nSPS) is 15.2. The largest absolute Gasteiger partial charge is 0.399 e. The summed E-state index contributed by atoms with van der Waals surface area (Å²) >= 11 is 0. The third kappa shape index (κ3) is 4.71. The van der Waals surface area contributed by atoms with Crippen molar-refractivity contribution in [2.24, 2.45) is 10.3 Å². The van der Waals surface area contributed by atoms with Gasteiger partial charge in [0, 0.05) is 17.3 Å². The van der Waals surface area contributed by atoms with Gasteiger partial charge >= 0.3 is 0 Å². The van der Waals surface area contributed by atoms with Crippen molar-refractivity contribution in [2.75, 3.05) is 13.7 Å². The van der Waals surface area contributed by atoms with Crippen LogP contribution in [-0.4, -0.2) is 40.1 Å². The molecule has 0 saturated heterocycles. The van der Waals surface area contributed by atoms with Gasteiger partial charge in [0.15, 0.2) is 5.65 Å². The second-order valence-corrected chi connectivity index (χ2v) is 7.64. The highest BCUT2D eigenvalue weighted by atomic mass is 16.6. The average Bonchev–Trinajstić information content (AvgIpc) is 2.80. The molecule has 0 radical (unpaired) electrons. The van der Waals surface area contributed by atoms with E-state index in [0.717, 1.165) is 71.6 Å². The molecule has 0 aromatic carbocycles. The highest BCUT2D eigenvalue weighted by Crippen LogP contribution is 2.28. The minimum Gasteiger partial charge on any atom is -0.399 e. The zero-order valence-corrected chi connectivity index (χ0v) is 18.3. The number of rotatable bonds is 7. The van der Waals surface area contributed by atoms with E-state index in [-0.39, 0.29) is 0 Å². The number of fused-ring (bicyclic) bond motifs is 2. The zero-order valence-electron chi connectivity index (χ0n) is 18.3. The maximum atomic E-state index is 5.68. The van der Waals surface area contributed by atoms with Crippen molar-refractivity contribution in [2.45, 2.75) is 46.0 Å².